The summed E-state index contributed by atoms with van der Waals surface area (Å²) in [7, 11) is 0. The van der Waals surface area contributed by atoms with Gasteiger partial charge in [-0.25, -0.2) is 0 Å². The van der Waals surface area contributed by atoms with Crippen molar-refractivity contribution in [3.8, 4) is 0 Å². The lowest BCUT2D eigenvalue weighted by Crippen LogP contribution is -2.35. The first-order valence-corrected chi connectivity index (χ1v) is 7.14. The number of hydrogen-bond donors (Lipinski definition) is 1. The van der Waals surface area contributed by atoms with Crippen molar-refractivity contribution in [2.24, 2.45) is 5.92 Å². The highest BCUT2D eigenvalue weighted by Gasteiger charge is 2.39. The predicted octanol–water partition coefficient (Wildman–Crippen LogP) is 3.71. The van der Waals surface area contributed by atoms with Gasteiger partial charge in [-0.1, -0.05) is 50.1 Å². The molecule has 4 atom stereocenters. The van der Waals surface area contributed by atoms with Crippen LogP contribution < -0.4 is 5.32 Å². The van der Waals surface area contributed by atoms with Gasteiger partial charge in [-0.05, 0) is 30.7 Å². The molecular formula is C16H23N. The van der Waals surface area contributed by atoms with Crippen molar-refractivity contribution >= 4 is 0 Å². The van der Waals surface area contributed by atoms with Crippen molar-refractivity contribution in [2.45, 2.75) is 57.0 Å². The second-order valence-electron chi connectivity index (χ2n) is 5.99. The Kier molecular flexibility index (Phi) is 3.19. The molecule has 0 saturated heterocycles. The molecule has 1 heteroatoms. The quantitative estimate of drug-likeness (QED) is 0.833. The highest BCUT2D eigenvalue weighted by molar-refractivity contribution is 5.27. The van der Waals surface area contributed by atoms with Crippen molar-refractivity contribution in [2.75, 3.05) is 0 Å². The van der Waals surface area contributed by atoms with Crippen molar-refractivity contribution in [3.63, 3.8) is 0 Å². The second kappa shape index (κ2) is 4.81. The molecule has 4 unspecified atom stereocenters. The summed E-state index contributed by atoms with van der Waals surface area (Å²) in [5.74, 6) is 1.71. The molecule has 0 spiro atoms. The average Bonchev–Trinajstić information content (AvgIpc) is 3.10. The molecule has 0 aliphatic heterocycles. The fourth-order valence-corrected chi connectivity index (χ4v) is 3.34. The van der Waals surface area contributed by atoms with Crippen LogP contribution in [0.25, 0.3) is 0 Å². The normalized spacial score (nSPS) is 36.8. The summed E-state index contributed by atoms with van der Waals surface area (Å²) in [4.78, 5) is 0. The average molecular weight is 229 g/mol. The van der Waals surface area contributed by atoms with Crippen LogP contribution in [0.15, 0.2) is 30.3 Å². The predicted molar refractivity (Wildman–Crippen MR) is 72.1 cm³/mol. The van der Waals surface area contributed by atoms with Crippen LogP contribution in [0.5, 0.6) is 0 Å². The topological polar surface area (TPSA) is 12.0 Å². The van der Waals surface area contributed by atoms with E-state index in [1.807, 2.05) is 0 Å². The van der Waals surface area contributed by atoms with Gasteiger partial charge in [0, 0.05) is 18.0 Å². The van der Waals surface area contributed by atoms with E-state index in [1.54, 1.807) is 0 Å². The number of rotatable bonds is 3. The van der Waals surface area contributed by atoms with Crippen molar-refractivity contribution in [1.29, 1.82) is 0 Å². The lowest BCUT2D eigenvalue weighted by Gasteiger charge is -2.27. The molecule has 0 radical (unpaired) electrons. The third-order valence-electron chi connectivity index (χ3n) is 4.40. The monoisotopic (exact) mass is 229 g/mol. The maximum absolute atomic E-state index is 3.87. The maximum Gasteiger partial charge on any atom is 0.0145 e. The summed E-state index contributed by atoms with van der Waals surface area (Å²) in [6, 6.07) is 12.5. The summed E-state index contributed by atoms with van der Waals surface area (Å²) in [5.41, 5.74) is 1.52. The van der Waals surface area contributed by atoms with Crippen LogP contribution in [0.1, 0.15) is 50.5 Å². The second-order valence-corrected chi connectivity index (χ2v) is 5.99. The molecule has 0 aromatic heterocycles. The van der Waals surface area contributed by atoms with Crippen LogP contribution in [0, 0.1) is 5.92 Å². The van der Waals surface area contributed by atoms with E-state index in [9.17, 15) is 0 Å². The molecule has 2 aliphatic rings. The summed E-state index contributed by atoms with van der Waals surface area (Å²) >= 11 is 0. The molecular weight excluding hydrogens is 206 g/mol. The highest BCUT2D eigenvalue weighted by atomic mass is 15.0. The van der Waals surface area contributed by atoms with Gasteiger partial charge in [0.25, 0.3) is 0 Å². The van der Waals surface area contributed by atoms with Crippen molar-refractivity contribution < 1.29 is 0 Å². The van der Waals surface area contributed by atoms with Gasteiger partial charge in [0.2, 0.25) is 0 Å². The Morgan fingerprint density at radius 2 is 1.88 bits per heavy atom. The minimum absolute atomic E-state index is 0.757. The van der Waals surface area contributed by atoms with E-state index in [2.05, 4.69) is 42.6 Å². The van der Waals surface area contributed by atoms with Gasteiger partial charge in [0.05, 0.1) is 0 Å². The summed E-state index contributed by atoms with van der Waals surface area (Å²) in [6.07, 6.45) is 6.97. The van der Waals surface area contributed by atoms with E-state index in [0.717, 1.165) is 23.9 Å². The summed E-state index contributed by atoms with van der Waals surface area (Å²) in [6.45, 7) is 2.40. The molecule has 0 bridgehead atoms. The molecule has 17 heavy (non-hydrogen) atoms. The summed E-state index contributed by atoms with van der Waals surface area (Å²) < 4.78 is 0. The first-order chi connectivity index (χ1) is 8.33. The van der Waals surface area contributed by atoms with Gasteiger partial charge < -0.3 is 5.32 Å². The molecule has 1 aromatic carbocycles. The zero-order chi connectivity index (χ0) is 11.7. The van der Waals surface area contributed by atoms with Gasteiger partial charge in [0.1, 0.15) is 0 Å². The van der Waals surface area contributed by atoms with Gasteiger partial charge in [0.15, 0.2) is 0 Å². The van der Waals surface area contributed by atoms with Gasteiger partial charge in [-0.3, -0.25) is 0 Å². The Balaban J connectivity index is 1.52. The molecule has 0 amide bonds. The molecule has 1 aromatic rings. The fraction of sp³-hybridized carbons (Fsp3) is 0.625. The van der Waals surface area contributed by atoms with E-state index in [1.165, 1.54) is 37.7 Å². The Morgan fingerprint density at radius 3 is 2.65 bits per heavy atom. The third kappa shape index (κ3) is 2.71. The van der Waals surface area contributed by atoms with Gasteiger partial charge >= 0.3 is 0 Å². The maximum atomic E-state index is 3.87. The lowest BCUT2D eigenvalue weighted by molar-refractivity contribution is 0.299. The first-order valence-electron chi connectivity index (χ1n) is 7.14. The highest BCUT2D eigenvalue weighted by Crippen LogP contribution is 2.41. The third-order valence-corrected chi connectivity index (χ3v) is 4.40. The van der Waals surface area contributed by atoms with Crippen LogP contribution in [-0.4, -0.2) is 12.1 Å². The molecule has 3 rings (SSSR count). The SMILES string of the molecule is CC1CCCC(NC2CC2c2ccccc2)C1. The molecule has 0 heterocycles. The Bertz CT molecular complexity index is 359. The van der Waals surface area contributed by atoms with E-state index in [4.69, 9.17) is 0 Å². The van der Waals surface area contributed by atoms with Crippen LogP contribution in [0.3, 0.4) is 0 Å². The summed E-state index contributed by atoms with van der Waals surface area (Å²) in [5, 5.41) is 3.87. The van der Waals surface area contributed by atoms with Crippen molar-refractivity contribution in [1.82, 2.24) is 5.32 Å². The molecule has 2 aliphatic carbocycles. The van der Waals surface area contributed by atoms with Crippen molar-refractivity contribution in [3.05, 3.63) is 35.9 Å². The zero-order valence-corrected chi connectivity index (χ0v) is 10.7. The van der Waals surface area contributed by atoms with Gasteiger partial charge in [-0.15, -0.1) is 0 Å². The van der Waals surface area contributed by atoms with E-state index in [-0.39, 0.29) is 0 Å². The first kappa shape index (κ1) is 11.3. The standard InChI is InChI=1S/C16H23N/c1-12-6-5-9-14(10-12)17-16-11-15(16)13-7-3-2-4-8-13/h2-4,7-8,12,14-17H,5-6,9-11H2,1H3. The minimum Gasteiger partial charge on any atom is -0.311 e. The van der Waals surface area contributed by atoms with Crippen LogP contribution >= 0.6 is 0 Å². The number of benzene rings is 1. The van der Waals surface area contributed by atoms with Crippen LogP contribution in [-0.2, 0) is 0 Å². The van der Waals surface area contributed by atoms with Gasteiger partial charge in [-0.2, -0.15) is 0 Å². The molecule has 92 valence electrons. The number of hydrogen-bond acceptors (Lipinski definition) is 1. The molecule has 1 nitrogen and oxygen atoms in total. The van der Waals surface area contributed by atoms with E-state index >= 15 is 0 Å². The smallest absolute Gasteiger partial charge is 0.0145 e. The Labute approximate surface area is 105 Å². The van der Waals surface area contributed by atoms with Crippen LogP contribution in [0.4, 0.5) is 0 Å². The van der Waals surface area contributed by atoms with E-state index < -0.39 is 0 Å². The minimum atomic E-state index is 0.757. The largest absolute Gasteiger partial charge is 0.311 e. The molecule has 1 N–H and O–H groups in total. The molecule has 2 saturated carbocycles. The van der Waals surface area contributed by atoms with E-state index in [0.29, 0.717) is 0 Å². The molecule has 2 fully saturated rings. The zero-order valence-electron chi connectivity index (χ0n) is 10.7. The van der Waals surface area contributed by atoms with Crippen LogP contribution in [0.2, 0.25) is 0 Å². The fourth-order valence-electron chi connectivity index (χ4n) is 3.34. The number of nitrogens with one attached hydrogen (secondary N) is 1. The Hall–Kier alpha value is -0.820. The Morgan fingerprint density at radius 1 is 1.06 bits per heavy atom. The lowest BCUT2D eigenvalue weighted by atomic mass is 9.87.